The lowest BCUT2D eigenvalue weighted by Crippen LogP contribution is -2.70. The van der Waals surface area contributed by atoms with E-state index >= 15 is 4.39 Å². The van der Waals surface area contributed by atoms with Crippen molar-refractivity contribution < 1.29 is 33.9 Å². The highest BCUT2D eigenvalue weighted by atomic mass is 19.1. The quantitative estimate of drug-likeness (QED) is 0.407. The number of para-hydroxylation sites is 1. The van der Waals surface area contributed by atoms with E-state index in [1.165, 1.54) is 18.2 Å². The Morgan fingerprint density at radius 1 is 1.21 bits per heavy atom. The third kappa shape index (κ3) is 3.66. The number of nitrogens with zero attached hydrogens (tertiary/aromatic N) is 1. The number of benzene rings is 1. The summed E-state index contributed by atoms with van der Waals surface area (Å²) in [6, 6.07) is 6.09. The number of allylic oxidation sites excluding steroid dienone is 4. The lowest BCUT2D eigenvalue weighted by atomic mass is 9.43. The molecule has 1 aromatic carbocycles. The Morgan fingerprint density at radius 2 is 1.90 bits per heavy atom. The van der Waals surface area contributed by atoms with Crippen molar-refractivity contribution in [2.75, 3.05) is 6.61 Å². The van der Waals surface area contributed by atoms with Crippen LogP contribution in [0.15, 0.2) is 48.1 Å². The molecule has 0 aliphatic heterocycles. The van der Waals surface area contributed by atoms with Crippen LogP contribution >= 0.6 is 0 Å². The number of nitro groups is 1. The Morgan fingerprint density at radius 3 is 2.59 bits per heavy atom. The number of halogens is 1. The van der Waals surface area contributed by atoms with Crippen molar-refractivity contribution in [1.82, 2.24) is 0 Å². The molecule has 39 heavy (non-hydrogen) atoms. The maximum atomic E-state index is 17.4. The van der Waals surface area contributed by atoms with E-state index in [9.17, 15) is 29.9 Å². The Bertz CT molecular complexity index is 1290. The molecule has 2 N–H and O–H groups in total. The van der Waals surface area contributed by atoms with Crippen LogP contribution in [0.5, 0.6) is 0 Å². The number of ketones is 2. The number of aliphatic hydroxyl groups excluding tert-OH is 1. The minimum atomic E-state index is -2.07. The summed E-state index contributed by atoms with van der Waals surface area (Å²) in [6.07, 6.45) is 3.64. The zero-order chi connectivity index (χ0) is 28.5. The van der Waals surface area contributed by atoms with Crippen LogP contribution in [-0.4, -0.2) is 50.7 Å². The first-order valence-electron chi connectivity index (χ1n) is 13.6. The van der Waals surface area contributed by atoms with E-state index in [1.54, 1.807) is 45.0 Å². The predicted octanol–water partition coefficient (Wildman–Crippen LogP) is 4.27. The van der Waals surface area contributed by atoms with E-state index in [0.29, 0.717) is 24.0 Å². The van der Waals surface area contributed by atoms with Gasteiger partial charge in [-0.15, -0.1) is 0 Å². The molecule has 4 aliphatic rings. The van der Waals surface area contributed by atoms with Crippen LogP contribution in [0.4, 0.5) is 10.1 Å². The molecule has 3 saturated carbocycles. The molecule has 8 nitrogen and oxygen atoms in total. The molecule has 0 bridgehead atoms. The fraction of sp³-hybridized carbons (Fsp3) is 0.600. The second-order valence-electron chi connectivity index (χ2n) is 12.5. The molecule has 0 spiro atoms. The number of aliphatic hydroxyl groups is 2. The number of rotatable bonds is 6. The first-order chi connectivity index (χ1) is 18.2. The SMILES string of the molecule is C[C@@H]1C[C@H]2[C@@H]3C[C@H](C)C4=CC(=O)C=C[C@]4(C)[C@@]3(F)[C@@H](O)C[C@]2(C)[C@@]1(O)C(=O)COCc1ccccc1[N+](=O)[O-]. The third-order valence-corrected chi connectivity index (χ3v) is 10.7. The van der Waals surface area contributed by atoms with Crippen LogP contribution in [0.2, 0.25) is 0 Å². The van der Waals surface area contributed by atoms with Crippen LogP contribution in [0.3, 0.4) is 0 Å². The van der Waals surface area contributed by atoms with Crippen LogP contribution in [0.1, 0.15) is 52.5 Å². The summed E-state index contributed by atoms with van der Waals surface area (Å²) in [5, 5.41) is 34.9. The number of hydrogen-bond acceptors (Lipinski definition) is 7. The fourth-order valence-electron chi connectivity index (χ4n) is 8.70. The van der Waals surface area contributed by atoms with Gasteiger partial charge >= 0.3 is 0 Å². The van der Waals surface area contributed by atoms with Crippen molar-refractivity contribution in [1.29, 1.82) is 0 Å². The van der Waals surface area contributed by atoms with Gasteiger partial charge in [-0.25, -0.2) is 4.39 Å². The number of hydrogen-bond donors (Lipinski definition) is 2. The van der Waals surface area contributed by atoms with Crippen molar-refractivity contribution in [2.24, 2.45) is 34.5 Å². The summed E-state index contributed by atoms with van der Waals surface area (Å²) < 4.78 is 23.0. The first kappa shape index (κ1) is 27.8. The maximum absolute atomic E-state index is 17.4. The molecule has 3 fully saturated rings. The van der Waals surface area contributed by atoms with E-state index in [2.05, 4.69) is 0 Å². The van der Waals surface area contributed by atoms with Crippen molar-refractivity contribution in [2.45, 2.75) is 70.9 Å². The van der Waals surface area contributed by atoms with E-state index in [0.717, 1.165) is 0 Å². The van der Waals surface area contributed by atoms with Crippen LogP contribution in [-0.2, 0) is 20.9 Å². The fourth-order valence-corrected chi connectivity index (χ4v) is 8.70. The number of alkyl halides is 1. The van der Waals surface area contributed by atoms with Gasteiger partial charge in [0.05, 0.1) is 23.2 Å². The van der Waals surface area contributed by atoms with Crippen molar-refractivity contribution in [3.63, 3.8) is 0 Å². The molecule has 0 amide bonds. The average Bonchev–Trinajstić information content (AvgIpc) is 3.08. The lowest BCUT2D eigenvalue weighted by molar-refractivity contribution is -0.385. The molecule has 4 aliphatic carbocycles. The van der Waals surface area contributed by atoms with Gasteiger partial charge in [-0.1, -0.05) is 44.6 Å². The van der Waals surface area contributed by atoms with Gasteiger partial charge in [0.15, 0.2) is 17.2 Å². The standard InChI is InChI=1S/C30H36FNO7/c1-17-11-23-22-12-18(2)30(36,26(35)16-39-15-19-7-5-6-8-24(19)32(37)38)28(22,4)14-25(34)29(23,31)27(3)10-9-20(33)13-21(17)27/h5-10,13,17-18,22-23,25,34,36H,11-12,14-16H2,1-4H3/t17-,18+,22-,23-,25-,27-,28-,29-,30-/m0/s1. The van der Waals surface area contributed by atoms with E-state index in [-0.39, 0.29) is 30.4 Å². The molecule has 9 atom stereocenters. The largest absolute Gasteiger partial charge is 0.390 e. The van der Waals surface area contributed by atoms with E-state index in [1.807, 2.05) is 6.92 Å². The first-order valence-corrected chi connectivity index (χ1v) is 13.6. The van der Waals surface area contributed by atoms with E-state index in [4.69, 9.17) is 4.74 Å². The van der Waals surface area contributed by atoms with Gasteiger partial charge in [-0.3, -0.25) is 19.7 Å². The maximum Gasteiger partial charge on any atom is 0.274 e. The predicted molar refractivity (Wildman–Crippen MR) is 140 cm³/mol. The highest BCUT2D eigenvalue weighted by molar-refractivity contribution is 6.01. The van der Waals surface area contributed by atoms with Gasteiger partial charge in [-0.2, -0.15) is 0 Å². The zero-order valence-electron chi connectivity index (χ0n) is 22.7. The van der Waals surface area contributed by atoms with Crippen LogP contribution in [0, 0.1) is 44.6 Å². The molecule has 0 heterocycles. The summed E-state index contributed by atoms with van der Waals surface area (Å²) in [5.41, 5.74) is -5.36. The van der Waals surface area contributed by atoms with Gasteiger partial charge in [0.25, 0.3) is 5.69 Å². The van der Waals surface area contributed by atoms with Gasteiger partial charge in [0.2, 0.25) is 0 Å². The number of ether oxygens (including phenoxy) is 1. The van der Waals surface area contributed by atoms with Crippen LogP contribution in [0.25, 0.3) is 0 Å². The second-order valence-corrected chi connectivity index (χ2v) is 12.5. The molecule has 0 aromatic heterocycles. The number of carbonyl (C=O) groups is 2. The third-order valence-electron chi connectivity index (χ3n) is 10.7. The molecular weight excluding hydrogens is 505 g/mol. The Balaban J connectivity index is 1.43. The molecule has 210 valence electrons. The summed E-state index contributed by atoms with van der Waals surface area (Å²) >= 11 is 0. The number of Topliss-reactive ketones (excluding diaryl/α,β-unsaturated/α-hetero) is 1. The molecule has 0 saturated heterocycles. The topological polar surface area (TPSA) is 127 Å². The minimum absolute atomic E-state index is 0.114. The van der Waals surface area contributed by atoms with Crippen molar-refractivity contribution in [3.8, 4) is 0 Å². The van der Waals surface area contributed by atoms with Gasteiger partial charge in [-0.05, 0) is 62.2 Å². The van der Waals surface area contributed by atoms with Gasteiger partial charge in [0.1, 0.15) is 12.2 Å². The molecule has 9 heteroatoms. The molecule has 0 unspecified atom stereocenters. The van der Waals surface area contributed by atoms with Gasteiger partial charge < -0.3 is 14.9 Å². The Hall–Kier alpha value is -2.75. The smallest absolute Gasteiger partial charge is 0.274 e. The van der Waals surface area contributed by atoms with Crippen molar-refractivity contribution >= 4 is 17.3 Å². The average molecular weight is 542 g/mol. The number of fused-ring (bicyclic) bond motifs is 5. The molecule has 1 aromatic rings. The van der Waals surface area contributed by atoms with Crippen LogP contribution < -0.4 is 0 Å². The summed E-state index contributed by atoms with van der Waals surface area (Å²) in [7, 11) is 0. The highest BCUT2D eigenvalue weighted by Gasteiger charge is 2.76. The number of nitro benzene ring substituents is 1. The summed E-state index contributed by atoms with van der Waals surface area (Å²) in [6.45, 7) is 6.59. The van der Waals surface area contributed by atoms with Crippen molar-refractivity contribution in [3.05, 3.63) is 63.7 Å². The highest BCUT2D eigenvalue weighted by Crippen LogP contribution is 2.71. The Kier molecular flexibility index (Phi) is 6.52. The zero-order valence-corrected chi connectivity index (χ0v) is 22.7. The monoisotopic (exact) mass is 541 g/mol. The summed E-state index contributed by atoms with van der Waals surface area (Å²) in [4.78, 5) is 36.6. The lowest BCUT2D eigenvalue weighted by Gasteiger charge is -2.63. The summed E-state index contributed by atoms with van der Waals surface area (Å²) in [5.74, 6) is -2.43. The number of carbonyl (C=O) groups excluding carboxylic acids is 2. The minimum Gasteiger partial charge on any atom is -0.390 e. The second kappa shape index (κ2) is 9.14. The molecular formula is C30H36FNO7. The Labute approximate surface area is 227 Å². The van der Waals surface area contributed by atoms with E-state index < -0.39 is 63.3 Å². The molecule has 0 radical (unpaired) electrons. The normalized spacial score (nSPS) is 42.8. The molecule has 5 rings (SSSR count). The van der Waals surface area contributed by atoms with Gasteiger partial charge in [0, 0.05) is 22.8 Å².